The summed E-state index contributed by atoms with van der Waals surface area (Å²) in [5, 5.41) is 1.32. The molecule has 2 heterocycles. The molecular formula is C38H28N2O2S2. The van der Waals surface area contributed by atoms with Crippen LogP contribution in [-0.4, -0.2) is 9.97 Å². The molecule has 0 atom stereocenters. The predicted octanol–water partition coefficient (Wildman–Crippen LogP) is 10.9. The molecule has 0 aliphatic carbocycles. The summed E-state index contributed by atoms with van der Waals surface area (Å²) in [6.45, 7) is 0. The van der Waals surface area contributed by atoms with E-state index in [1.807, 2.05) is 72.8 Å². The summed E-state index contributed by atoms with van der Waals surface area (Å²) in [4.78, 5) is 9.76. The second kappa shape index (κ2) is 13.2. The van der Waals surface area contributed by atoms with E-state index in [1.165, 1.54) is 11.1 Å². The molecule has 2 aromatic heterocycles. The first kappa shape index (κ1) is 28.0. The summed E-state index contributed by atoms with van der Waals surface area (Å²) >= 11 is 3.21. The van der Waals surface area contributed by atoms with Gasteiger partial charge in [-0.25, -0.2) is 9.97 Å². The molecule has 0 radical (unpaired) electrons. The Labute approximate surface area is 265 Å². The zero-order chi connectivity index (χ0) is 29.6. The fourth-order valence-corrected chi connectivity index (χ4v) is 6.46. The summed E-state index contributed by atoms with van der Waals surface area (Å²) in [6, 6.07) is 49.4. The van der Waals surface area contributed by atoms with Gasteiger partial charge in [-0.3, -0.25) is 0 Å². The number of rotatable bonds is 10. The number of thioether (sulfide) groups is 2. The first-order valence-corrected chi connectivity index (χ1v) is 16.3. The van der Waals surface area contributed by atoms with E-state index < -0.39 is 0 Å². The standard InChI is InChI=1S/C38H28N2O2S2/c1-5-13-29(14-6-1)33-35(31-17-9-3-10-18-31)41-37(39-33)43-25-27-21-23-28(24-22-27)26-44-38-40-34(30-15-7-2-8-16-30)36(42-38)32-19-11-4-12-20-32/h1-24H,25-26H2. The fraction of sp³-hybridized carbons (Fsp3) is 0.0526. The fourth-order valence-electron chi connectivity index (χ4n) is 4.90. The highest BCUT2D eigenvalue weighted by Crippen LogP contribution is 2.38. The van der Waals surface area contributed by atoms with Crippen molar-refractivity contribution in [3.05, 3.63) is 157 Å². The van der Waals surface area contributed by atoms with Gasteiger partial charge in [0.2, 0.25) is 0 Å². The van der Waals surface area contributed by atoms with Crippen LogP contribution in [0.15, 0.2) is 165 Å². The van der Waals surface area contributed by atoms with Crippen LogP contribution in [-0.2, 0) is 11.5 Å². The minimum Gasteiger partial charge on any atom is -0.431 e. The number of oxazole rings is 2. The number of benzene rings is 5. The van der Waals surface area contributed by atoms with Gasteiger partial charge >= 0.3 is 0 Å². The summed E-state index contributed by atoms with van der Waals surface area (Å²) in [7, 11) is 0. The molecule has 4 nitrogen and oxygen atoms in total. The van der Waals surface area contributed by atoms with Crippen molar-refractivity contribution in [1.29, 1.82) is 0 Å². The molecule has 0 unspecified atom stereocenters. The third-order valence-electron chi connectivity index (χ3n) is 7.13. The van der Waals surface area contributed by atoms with Crippen molar-refractivity contribution in [1.82, 2.24) is 9.97 Å². The van der Waals surface area contributed by atoms with Gasteiger partial charge in [0.15, 0.2) is 11.5 Å². The van der Waals surface area contributed by atoms with Crippen LogP contribution in [0.1, 0.15) is 11.1 Å². The minimum absolute atomic E-state index is 0.662. The van der Waals surface area contributed by atoms with Gasteiger partial charge in [0.1, 0.15) is 11.4 Å². The van der Waals surface area contributed by atoms with E-state index in [2.05, 4.69) is 72.8 Å². The molecule has 6 heteroatoms. The van der Waals surface area contributed by atoms with Crippen LogP contribution in [0.2, 0.25) is 0 Å². The molecule has 0 N–H and O–H groups in total. The van der Waals surface area contributed by atoms with Crippen molar-refractivity contribution in [3.63, 3.8) is 0 Å². The molecule has 0 bridgehead atoms. The van der Waals surface area contributed by atoms with Gasteiger partial charge in [-0.05, 0) is 11.1 Å². The van der Waals surface area contributed by atoms with Crippen molar-refractivity contribution < 1.29 is 8.83 Å². The van der Waals surface area contributed by atoms with E-state index >= 15 is 0 Å². The van der Waals surface area contributed by atoms with Gasteiger partial charge < -0.3 is 8.83 Å². The Balaban J connectivity index is 1.03. The van der Waals surface area contributed by atoms with E-state index in [0.29, 0.717) is 10.4 Å². The minimum atomic E-state index is 0.662. The number of aromatic nitrogens is 2. The topological polar surface area (TPSA) is 52.1 Å². The third-order valence-corrected chi connectivity index (χ3v) is 8.93. The molecule has 0 aliphatic heterocycles. The van der Waals surface area contributed by atoms with E-state index in [-0.39, 0.29) is 0 Å². The van der Waals surface area contributed by atoms with Gasteiger partial charge in [-0.2, -0.15) is 0 Å². The second-order valence-corrected chi connectivity index (χ2v) is 12.0. The van der Waals surface area contributed by atoms with E-state index in [0.717, 1.165) is 56.7 Å². The Morgan fingerprint density at radius 1 is 0.386 bits per heavy atom. The lowest BCUT2D eigenvalue weighted by molar-refractivity contribution is 0.466. The summed E-state index contributed by atoms with van der Waals surface area (Å²) < 4.78 is 12.6. The summed E-state index contributed by atoms with van der Waals surface area (Å²) in [5.74, 6) is 3.11. The Bertz CT molecular complexity index is 1680. The van der Waals surface area contributed by atoms with Gasteiger partial charge in [0.05, 0.1) is 0 Å². The Morgan fingerprint density at radius 2 is 0.705 bits per heavy atom. The zero-order valence-electron chi connectivity index (χ0n) is 23.8. The quantitative estimate of drug-likeness (QED) is 0.144. The lowest BCUT2D eigenvalue weighted by Crippen LogP contribution is -1.85. The van der Waals surface area contributed by atoms with Crippen LogP contribution in [0, 0.1) is 0 Å². The van der Waals surface area contributed by atoms with Crippen LogP contribution >= 0.6 is 23.5 Å². The molecule has 0 fully saturated rings. The summed E-state index contributed by atoms with van der Waals surface area (Å²) in [5.41, 5.74) is 8.27. The van der Waals surface area contributed by atoms with Crippen LogP contribution in [0.25, 0.3) is 45.2 Å². The Morgan fingerprint density at radius 3 is 1.05 bits per heavy atom. The highest BCUT2D eigenvalue weighted by Gasteiger charge is 2.18. The molecule has 0 amide bonds. The maximum Gasteiger partial charge on any atom is 0.257 e. The van der Waals surface area contributed by atoms with E-state index in [1.54, 1.807) is 23.5 Å². The van der Waals surface area contributed by atoms with Crippen molar-refractivity contribution in [2.45, 2.75) is 22.0 Å². The first-order valence-electron chi connectivity index (χ1n) is 14.4. The zero-order valence-corrected chi connectivity index (χ0v) is 25.4. The molecule has 0 saturated heterocycles. The molecular weight excluding hydrogens is 581 g/mol. The normalized spacial score (nSPS) is 11.1. The number of nitrogens with zero attached hydrogens (tertiary/aromatic N) is 2. The van der Waals surface area contributed by atoms with Gasteiger partial charge in [0.25, 0.3) is 10.4 Å². The van der Waals surface area contributed by atoms with Crippen LogP contribution in [0.4, 0.5) is 0 Å². The largest absolute Gasteiger partial charge is 0.431 e. The van der Waals surface area contributed by atoms with Crippen LogP contribution < -0.4 is 0 Å². The second-order valence-electron chi connectivity index (χ2n) is 10.2. The lowest BCUT2D eigenvalue weighted by atomic mass is 10.1. The van der Waals surface area contributed by atoms with Gasteiger partial charge in [-0.1, -0.05) is 169 Å². The van der Waals surface area contributed by atoms with Crippen molar-refractivity contribution in [2.24, 2.45) is 0 Å². The molecule has 5 aromatic carbocycles. The predicted molar refractivity (Wildman–Crippen MR) is 180 cm³/mol. The highest BCUT2D eigenvalue weighted by molar-refractivity contribution is 7.98. The SMILES string of the molecule is c1ccc(-c2nc(SCc3ccc(CSc4nc(-c5ccccc5)c(-c5ccccc5)o4)cc3)oc2-c2ccccc2)cc1. The van der Waals surface area contributed by atoms with Crippen molar-refractivity contribution in [2.75, 3.05) is 0 Å². The molecule has 0 aliphatic rings. The first-order chi connectivity index (χ1) is 21.8. The molecule has 7 aromatic rings. The van der Waals surface area contributed by atoms with Gasteiger partial charge in [0, 0.05) is 33.8 Å². The molecule has 7 rings (SSSR count). The average Bonchev–Trinajstić information content (AvgIpc) is 3.74. The van der Waals surface area contributed by atoms with Gasteiger partial charge in [-0.15, -0.1) is 0 Å². The monoisotopic (exact) mass is 608 g/mol. The Kier molecular flexibility index (Phi) is 8.44. The lowest BCUT2D eigenvalue weighted by Gasteiger charge is -2.02. The maximum absolute atomic E-state index is 6.29. The average molecular weight is 609 g/mol. The smallest absolute Gasteiger partial charge is 0.257 e. The van der Waals surface area contributed by atoms with Crippen molar-refractivity contribution in [3.8, 4) is 45.2 Å². The van der Waals surface area contributed by atoms with E-state index in [4.69, 9.17) is 18.8 Å². The van der Waals surface area contributed by atoms with Crippen LogP contribution in [0.3, 0.4) is 0 Å². The van der Waals surface area contributed by atoms with Crippen LogP contribution in [0.5, 0.6) is 0 Å². The maximum atomic E-state index is 6.29. The Hall–Kier alpha value is -4.78. The molecule has 0 saturated carbocycles. The number of hydrogen-bond acceptors (Lipinski definition) is 6. The number of hydrogen-bond donors (Lipinski definition) is 0. The highest BCUT2D eigenvalue weighted by atomic mass is 32.2. The van der Waals surface area contributed by atoms with Crippen molar-refractivity contribution >= 4 is 23.5 Å². The molecule has 214 valence electrons. The molecule has 0 spiro atoms. The van der Waals surface area contributed by atoms with E-state index in [9.17, 15) is 0 Å². The third kappa shape index (κ3) is 6.42. The molecule has 44 heavy (non-hydrogen) atoms. The summed E-state index contributed by atoms with van der Waals surface area (Å²) in [6.07, 6.45) is 0.